The fourth-order valence-corrected chi connectivity index (χ4v) is 2.42. The van der Waals surface area contributed by atoms with Crippen LogP contribution in [0.2, 0.25) is 0 Å². The molecule has 0 radical (unpaired) electrons. The minimum atomic E-state index is 0.653. The van der Waals surface area contributed by atoms with E-state index in [0.717, 1.165) is 17.9 Å². The summed E-state index contributed by atoms with van der Waals surface area (Å²) in [5.41, 5.74) is 0. The van der Waals surface area contributed by atoms with Crippen molar-refractivity contribution in [1.29, 1.82) is 0 Å². The van der Waals surface area contributed by atoms with Gasteiger partial charge in [-0.15, -0.1) is 0 Å². The minimum Gasteiger partial charge on any atom is -0.312 e. The highest BCUT2D eigenvalue weighted by atomic mass is 14.9. The van der Waals surface area contributed by atoms with Crippen molar-refractivity contribution in [2.75, 3.05) is 0 Å². The molecule has 1 nitrogen and oxygen atoms in total. The first-order valence-electron chi connectivity index (χ1n) is 5.85. The van der Waals surface area contributed by atoms with Gasteiger partial charge in [-0.1, -0.05) is 27.7 Å². The highest BCUT2D eigenvalue weighted by Crippen LogP contribution is 2.29. The molecule has 1 heteroatoms. The van der Waals surface area contributed by atoms with Crippen LogP contribution in [-0.4, -0.2) is 12.1 Å². The zero-order valence-corrected chi connectivity index (χ0v) is 9.64. The fraction of sp³-hybridized carbons (Fsp3) is 1.00. The van der Waals surface area contributed by atoms with Crippen molar-refractivity contribution in [2.45, 2.75) is 65.5 Å². The summed E-state index contributed by atoms with van der Waals surface area (Å²) in [6, 6.07) is 1.45. The molecule has 1 N–H and O–H groups in total. The van der Waals surface area contributed by atoms with Gasteiger partial charge in [-0.2, -0.15) is 0 Å². The van der Waals surface area contributed by atoms with Crippen LogP contribution in [-0.2, 0) is 0 Å². The van der Waals surface area contributed by atoms with Gasteiger partial charge in [0.2, 0.25) is 0 Å². The van der Waals surface area contributed by atoms with Crippen molar-refractivity contribution in [2.24, 2.45) is 11.8 Å². The normalized spacial score (nSPS) is 30.0. The Labute approximate surface area is 83.3 Å². The topological polar surface area (TPSA) is 12.0 Å². The summed E-state index contributed by atoms with van der Waals surface area (Å²) in [7, 11) is 0. The van der Waals surface area contributed by atoms with Crippen LogP contribution >= 0.6 is 0 Å². The monoisotopic (exact) mass is 183 g/mol. The minimum absolute atomic E-state index is 0.653. The van der Waals surface area contributed by atoms with Gasteiger partial charge >= 0.3 is 0 Å². The van der Waals surface area contributed by atoms with Crippen LogP contribution in [0.15, 0.2) is 0 Å². The van der Waals surface area contributed by atoms with Crippen molar-refractivity contribution in [3.63, 3.8) is 0 Å². The molecule has 0 amide bonds. The van der Waals surface area contributed by atoms with Crippen LogP contribution in [0.4, 0.5) is 0 Å². The number of hydrogen-bond acceptors (Lipinski definition) is 1. The largest absolute Gasteiger partial charge is 0.312 e. The van der Waals surface area contributed by atoms with E-state index < -0.39 is 0 Å². The zero-order chi connectivity index (χ0) is 9.84. The molecule has 0 saturated heterocycles. The van der Waals surface area contributed by atoms with Crippen LogP contribution in [0, 0.1) is 11.8 Å². The highest BCUT2D eigenvalue weighted by Gasteiger charge is 2.22. The van der Waals surface area contributed by atoms with Gasteiger partial charge in [-0.3, -0.25) is 0 Å². The zero-order valence-electron chi connectivity index (χ0n) is 9.64. The van der Waals surface area contributed by atoms with Crippen LogP contribution in [0.3, 0.4) is 0 Å². The van der Waals surface area contributed by atoms with Gasteiger partial charge in [0.25, 0.3) is 0 Å². The number of nitrogens with one attached hydrogen (secondary N) is 1. The van der Waals surface area contributed by atoms with E-state index in [1.807, 2.05) is 0 Å². The molecule has 1 fully saturated rings. The molecular formula is C12H25N. The van der Waals surface area contributed by atoms with Gasteiger partial charge in [-0.25, -0.2) is 0 Å². The second-order valence-electron chi connectivity index (χ2n) is 5.18. The van der Waals surface area contributed by atoms with E-state index in [0.29, 0.717) is 6.04 Å². The lowest BCUT2D eigenvalue weighted by Gasteiger charge is -2.32. The molecule has 1 aliphatic carbocycles. The smallest absolute Gasteiger partial charge is 0.00696 e. The molecule has 78 valence electrons. The SMILES string of the molecule is CC(C)N[C@H]1CC[C@H](C(C)C)CC1. The van der Waals surface area contributed by atoms with E-state index in [-0.39, 0.29) is 0 Å². The Morgan fingerprint density at radius 3 is 1.85 bits per heavy atom. The van der Waals surface area contributed by atoms with Gasteiger partial charge < -0.3 is 5.32 Å². The lowest BCUT2D eigenvalue weighted by atomic mass is 9.79. The Bertz CT molecular complexity index is 132. The Hall–Kier alpha value is -0.0400. The van der Waals surface area contributed by atoms with Gasteiger partial charge in [0, 0.05) is 12.1 Å². The molecule has 1 saturated carbocycles. The van der Waals surface area contributed by atoms with E-state index in [1.165, 1.54) is 25.7 Å². The molecule has 0 unspecified atom stereocenters. The van der Waals surface area contributed by atoms with Crippen molar-refractivity contribution >= 4 is 0 Å². The maximum absolute atomic E-state index is 3.64. The predicted molar refractivity (Wildman–Crippen MR) is 58.9 cm³/mol. The second-order valence-corrected chi connectivity index (χ2v) is 5.18. The Kier molecular flexibility index (Phi) is 4.24. The maximum atomic E-state index is 3.64. The molecule has 0 heterocycles. The summed E-state index contributed by atoms with van der Waals surface area (Å²) in [5, 5.41) is 3.64. The van der Waals surface area contributed by atoms with Crippen LogP contribution in [0.25, 0.3) is 0 Å². The van der Waals surface area contributed by atoms with Gasteiger partial charge in [-0.05, 0) is 37.5 Å². The van der Waals surface area contributed by atoms with E-state index in [1.54, 1.807) is 0 Å². The van der Waals surface area contributed by atoms with Crippen LogP contribution < -0.4 is 5.32 Å². The molecule has 0 aliphatic heterocycles. The van der Waals surface area contributed by atoms with E-state index in [2.05, 4.69) is 33.0 Å². The quantitative estimate of drug-likeness (QED) is 0.708. The van der Waals surface area contributed by atoms with E-state index >= 15 is 0 Å². The van der Waals surface area contributed by atoms with Crippen LogP contribution in [0.5, 0.6) is 0 Å². The summed E-state index contributed by atoms with van der Waals surface area (Å²) in [4.78, 5) is 0. The molecule has 0 aromatic carbocycles. The maximum Gasteiger partial charge on any atom is 0.00696 e. The Morgan fingerprint density at radius 1 is 0.923 bits per heavy atom. The molecule has 0 atom stereocenters. The first-order chi connectivity index (χ1) is 6.09. The molecule has 0 aromatic heterocycles. The average molecular weight is 183 g/mol. The average Bonchev–Trinajstić information content (AvgIpc) is 2.04. The molecular weight excluding hydrogens is 158 g/mol. The van der Waals surface area contributed by atoms with Gasteiger partial charge in [0.15, 0.2) is 0 Å². The molecule has 1 rings (SSSR count). The first kappa shape index (κ1) is 11.0. The number of hydrogen-bond donors (Lipinski definition) is 1. The van der Waals surface area contributed by atoms with Crippen molar-refractivity contribution in [3.8, 4) is 0 Å². The summed E-state index contributed by atoms with van der Waals surface area (Å²) >= 11 is 0. The molecule has 1 aliphatic rings. The summed E-state index contributed by atoms with van der Waals surface area (Å²) in [6.07, 6.45) is 5.64. The van der Waals surface area contributed by atoms with Gasteiger partial charge in [0.05, 0.1) is 0 Å². The number of rotatable bonds is 3. The third kappa shape index (κ3) is 3.68. The standard InChI is InChI=1S/C12H25N/c1-9(2)11-5-7-12(8-6-11)13-10(3)4/h9-13H,5-8H2,1-4H3/t11-,12-. The molecule has 13 heavy (non-hydrogen) atoms. The second kappa shape index (κ2) is 4.99. The molecule has 0 aromatic rings. The first-order valence-corrected chi connectivity index (χ1v) is 5.85. The lowest BCUT2D eigenvalue weighted by Crippen LogP contribution is -2.38. The van der Waals surface area contributed by atoms with Crippen LogP contribution in [0.1, 0.15) is 53.4 Å². The molecule has 0 spiro atoms. The summed E-state index contributed by atoms with van der Waals surface area (Å²) in [5.74, 6) is 1.88. The van der Waals surface area contributed by atoms with E-state index in [9.17, 15) is 0 Å². The summed E-state index contributed by atoms with van der Waals surface area (Å²) in [6.45, 7) is 9.21. The third-order valence-electron chi connectivity index (χ3n) is 3.28. The van der Waals surface area contributed by atoms with Crippen molar-refractivity contribution in [1.82, 2.24) is 5.32 Å². The highest BCUT2D eigenvalue weighted by molar-refractivity contribution is 4.79. The lowest BCUT2D eigenvalue weighted by molar-refractivity contribution is 0.232. The summed E-state index contributed by atoms with van der Waals surface area (Å²) < 4.78 is 0. The fourth-order valence-electron chi connectivity index (χ4n) is 2.42. The van der Waals surface area contributed by atoms with Crippen molar-refractivity contribution in [3.05, 3.63) is 0 Å². The van der Waals surface area contributed by atoms with E-state index in [4.69, 9.17) is 0 Å². The third-order valence-corrected chi connectivity index (χ3v) is 3.28. The molecule has 0 bridgehead atoms. The predicted octanol–water partition coefficient (Wildman–Crippen LogP) is 3.20. The Morgan fingerprint density at radius 2 is 1.46 bits per heavy atom. The van der Waals surface area contributed by atoms with Crippen molar-refractivity contribution < 1.29 is 0 Å². The Balaban J connectivity index is 2.22. The van der Waals surface area contributed by atoms with Gasteiger partial charge in [0.1, 0.15) is 0 Å².